The summed E-state index contributed by atoms with van der Waals surface area (Å²) in [6.45, 7) is 2.31. The van der Waals surface area contributed by atoms with Crippen molar-refractivity contribution in [3.63, 3.8) is 0 Å². The molecule has 1 N–H and O–H groups in total. The molecule has 3 nitrogen and oxygen atoms in total. The van der Waals surface area contributed by atoms with Gasteiger partial charge in [-0.1, -0.05) is 6.92 Å². The highest BCUT2D eigenvalue weighted by Crippen LogP contribution is 2.16. The van der Waals surface area contributed by atoms with Crippen LogP contribution in [0, 0.1) is 0 Å². The topological polar surface area (TPSA) is 46.2 Å². The van der Waals surface area contributed by atoms with E-state index in [-0.39, 0.29) is 11.5 Å². The fourth-order valence-electron chi connectivity index (χ4n) is 1.26. The minimum Gasteiger partial charge on any atom is -0.312 e. The van der Waals surface area contributed by atoms with Crippen molar-refractivity contribution in [2.45, 2.75) is 19.4 Å². The van der Waals surface area contributed by atoms with Crippen molar-refractivity contribution >= 4 is 21.6 Å². The Morgan fingerprint density at radius 1 is 1.54 bits per heavy atom. The van der Waals surface area contributed by atoms with Crippen molar-refractivity contribution in [2.75, 3.05) is 29.6 Å². The van der Waals surface area contributed by atoms with Crippen LogP contribution in [0.2, 0.25) is 0 Å². The van der Waals surface area contributed by atoms with Gasteiger partial charge < -0.3 is 5.32 Å². The van der Waals surface area contributed by atoms with E-state index < -0.39 is 9.84 Å². The maximum absolute atomic E-state index is 11.1. The van der Waals surface area contributed by atoms with Crippen molar-refractivity contribution < 1.29 is 8.42 Å². The second kappa shape index (κ2) is 5.22. The van der Waals surface area contributed by atoms with Crippen LogP contribution in [0.3, 0.4) is 0 Å². The summed E-state index contributed by atoms with van der Waals surface area (Å²) in [4.78, 5) is 0. The van der Waals surface area contributed by atoms with Crippen LogP contribution in [0.5, 0.6) is 0 Å². The average Bonchev–Trinajstić information content (AvgIpc) is 2.57. The molecule has 1 heterocycles. The van der Waals surface area contributed by atoms with Gasteiger partial charge in [-0.3, -0.25) is 0 Å². The van der Waals surface area contributed by atoms with Crippen LogP contribution in [-0.4, -0.2) is 44.0 Å². The molecular formula is C8H17NO2S2. The van der Waals surface area contributed by atoms with Gasteiger partial charge in [-0.05, 0) is 12.2 Å². The molecule has 0 bridgehead atoms. The molecule has 1 rings (SSSR count). The van der Waals surface area contributed by atoms with Crippen LogP contribution in [0.4, 0.5) is 0 Å². The normalized spacial score (nSPS) is 23.6. The van der Waals surface area contributed by atoms with E-state index in [0.29, 0.717) is 12.6 Å². The van der Waals surface area contributed by atoms with Crippen LogP contribution in [0.25, 0.3) is 0 Å². The number of hydrogen-bond donors (Lipinski definition) is 1. The highest BCUT2D eigenvalue weighted by atomic mass is 32.2. The molecule has 1 saturated heterocycles. The Morgan fingerprint density at radius 2 is 2.31 bits per heavy atom. The Labute approximate surface area is 84.6 Å². The quantitative estimate of drug-likeness (QED) is 0.738. The lowest BCUT2D eigenvalue weighted by molar-refractivity contribution is 0.563. The molecule has 1 aliphatic rings. The van der Waals surface area contributed by atoms with Gasteiger partial charge in [0.25, 0.3) is 0 Å². The monoisotopic (exact) mass is 223 g/mol. The van der Waals surface area contributed by atoms with E-state index in [2.05, 4.69) is 5.32 Å². The van der Waals surface area contributed by atoms with E-state index in [1.54, 1.807) is 6.92 Å². The summed E-state index contributed by atoms with van der Waals surface area (Å²) >= 11 is 1.93. The molecule has 78 valence electrons. The molecule has 0 aromatic rings. The SMILES string of the molecule is CCS(=O)(=O)CCNC1CCSC1. The highest BCUT2D eigenvalue weighted by Gasteiger charge is 2.15. The van der Waals surface area contributed by atoms with E-state index in [4.69, 9.17) is 0 Å². The first-order valence-electron chi connectivity index (χ1n) is 4.65. The van der Waals surface area contributed by atoms with Crippen molar-refractivity contribution in [2.24, 2.45) is 0 Å². The maximum Gasteiger partial charge on any atom is 0.151 e. The predicted octanol–water partition coefficient (Wildman–Crippen LogP) is 0.516. The van der Waals surface area contributed by atoms with Gasteiger partial charge in [0.1, 0.15) is 0 Å². The van der Waals surface area contributed by atoms with E-state index in [1.807, 2.05) is 11.8 Å². The summed E-state index contributed by atoms with van der Waals surface area (Å²) < 4.78 is 22.3. The minimum absolute atomic E-state index is 0.258. The van der Waals surface area contributed by atoms with Crippen molar-refractivity contribution in [1.82, 2.24) is 5.32 Å². The first-order valence-corrected chi connectivity index (χ1v) is 7.63. The van der Waals surface area contributed by atoms with Crippen LogP contribution in [0.15, 0.2) is 0 Å². The molecule has 13 heavy (non-hydrogen) atoms. The minimum atomic E-state index is -2.78. The van der Waals surface area contributed by atoms with Gasteiger partial charge >= 0.3 is 0 Å². The fourth-order valence-corrected chi connectivity index (χ4v) is 3.16. The predicted molar refractivity (Wildman–Crippen MR) is 58.1 cm³/mol. The first-order chi connectivity index (χ1) is 6.14. The number of thioether (sulfide) groups is 1. The van der Waals surface area contributed by atoms with Gasteiger partial charge in [0.15, 0.2) is 9.84 Å². The number of nitrogens with one attached hydrogen (secondary N) is 1. The Hall–Kier alpha value is 0.260. The Kier molecular flexibility index (Phi) is 4.55. The molecular weight excluding hydrogens is 206 g/mol. The largest absolute Gasteiger partial charge is 0.312 e. The Bertz CT molecular complexity index is 233. The van der Waals surface area contributed by atoms with E-state index in [0.717, 1.165) is 5.75 Å². The third-order valence-electron chi connectivity index (χ3n) is 2.22. The van der Waals surface area contributed by atoms with E-state index in [1.165, 1.54) is 12.2 Å². The van der Waals surface area contributed by atoms with Crippen molar-refractivity contribution in [1.29, 1.82) is 0 Å². The summed E-state index contributed by atoms with van der Waals surface area (Å²) in [6, 6.07) is 0.539. The van der Waals surface area contributed by atoms with Crippen LogP contribution < -0.4 is 5.32 Å². The molecule has 0 saturated carbocycles. The third kappa shape index (κ3) is 4.33. The molecule has 1 atom stereocenters. The summed E-state index contributed by atoms with van der Waals surface area (Å²) in [6.07, 6.45) is 1.18. The van der Waals surface area contributed by atoms with Crippen molar-refractivity contribution in [3.8, 4) is 0 Å². The molecule has 0 aliphatic carbocycles. The molecule has 0 radical (unpaired) electrons. The number of sulfone groups is 1. The maximum atomic E-state index is 11.1. The Balaban J connectivity index is 2.13. The number of hydrogen-bond acceptors (Lipinski definition) is 4. The Morgan fingerprint density at radius 3 is 2.85 bits per heavy atom. The van der Waals surface area contributed by atoms with E-state index >= 15 is 0 Å². The van der Waals surface area contributed by atoms with Crippen LogP contribution >= 0.6 is 11.8 Å². The second-order valence-electron chi connectivity index (χ2n) is 3.25. The zero-order valence-corrected chi connectivity index (χ0v) is 9.59. The third-order valence-corrected chi connectivity index (χ3v) is 5.08. The van der Waals surface area contributed by atoms with Crippen LogP contribution in [0.1, 0.15) is 13.3 Å². The lowest BCUT2D eigenvalue weighted by Gasteiger charge is -2.10. The molecule has 1 unspecified atom stereocenters. The van der Waals surface area contributed by atoms with Gasteiger partial charge in [0.2, 0.25) is 0 Å². The van der Waals surface area contributed by atoms with Gasteiger partial charge in [0, 0.05) is 24.1 Å². The van der Waals surface area contributed by atoms with Gasteiger partial charge in [-0.15, -0.1) is 0 Å². The smallest absolute Gasteiger partial charge is 0.151 e. The molecule has 1 aliphatic heterocycles. The molecule has 0 spiro atoms. The van der Waals surface area contributed by atoms with E-state index in [9.17, 15) is 8.42 Å². The molecule has 5 heteroatoms. The first kappa shape index (κ1) is 11.3. The van der Waals surface area contributed by atoms with Gasteiger partial charge in [-0.25, -0.2) is 8.42 Å². The second-order valence-corrected chi connectivity index (χ2v) is 6.87. The summed E-state index contributed by atoms with van der Waals surface area (Å²) in [5, 5.41) is 3.27. The lowest BCUT2D eigenvalue weighted by Crippen LogP contribution is -2.33. The molecule has 0 aromatic heterocycles. The van der Waals surface area contributed by atoms with Gasteiger partial charge in [-0.2, -0.15) is 11.8 Å². The zero-order valence-electron chi connectivity index (χ0n) is 7.95. The molecule has 0 aromatic carbocycles. The summed E-state index contributed by atoms with van der Waals surface area (Å²) in [5.74, 6) is 2.88. The zero-order chi connectivity index (χ0) is 9.73. The van der Waals surface area contributed by atoms with Crippen LogP contribution in [-0.2, 0) is 9.84 Å². The number of rotatable bonds is 5. The molecule has 1 fully saturated rings. The summed E-state index contributed by atoms with van der Waals surface area (Å²) in [7, 11) is -2.78. The average molecular weight is 223 g/mol. The highest BCUT2D eigenvalue weighted by molar-refractivity contribution is 7.99. The summed E-state index contributed by atoms with van der Waals surface area (Å²) in [5.41, 5.74) is 0. The van der Waals surface area contributed by atoms with Crippen molar-refractivity contribution in [3.05, 3.63) is 0 Å². The fraction of sp³-hybridized carbons (Fsp3) is 1.00. The standard InChI is InChI=1S/C8H17NO2S2/c1-2-13(10,11)6-4-9-8-3-5-12-7-8/h8-9H,2-7H2,1H3. The lowest BCUT2D eigenvalue weighted by atomic mass is 10.3. The molecule has 0 amide bonds. The van der Waals surface area contributed by atoms with Gasteiger partial charge in [0.05, 0.1) is 5.75 Å².